The average molecular weight is 251 g/mol. The first kappa shape index (κ1) is 10.7. The third kappa shape index (κ3) is 1.94. The zero-order valence-corrected chi connectivity index (χ0v) is 9.64. The predicted molar refractivity (Wildman–Crippen MR) is 61.0 cm³/mol. The Morgan fingerprint density at radius 1 is 1.47 bits per heavy atom. The first-order chi connectivity index (χ1) is 8.24. The molecule has 0 unspecified atom stereocenters. The molecule has 1 aromatic heterocycles. The second-order valence-electron chi connectivity index (χ2n) is 3.90. The van der Waals surface area contributed by atoms with Crippen LogP contribution in [0.15, 0.2) is 35.7 Å². The fourth-order valence-corrected chi connectivity index (χ4v) is 3.27. The summed E-state index contributed by atoms with van der Waals surface area (Å²) in [5.41, 5.74) is 0.793. The monoisotopic (exact) mass is 251 g/mol. The van der Waals surface area contributed by atoms with Crippen molar-refractivity contribution in [3.8, 4) is 0 Å². The molecular formula is C11H10FN3OS. The van der Waals surface area contributed by atoms with Gasteiger partial charge in [-0.1, -0.05) is 6.07 Å². The van der Waals surface area contributed by atoms with Crippen LogP contribution in [-0.4, -0.2) is 25.1 Å². The molecule has 3 rings (SSSR count). The maximum atomic E-state index is 13.1. The molecule has 0 radical (unpaired) electrons. The number of benzene rings is 1. The molecule has 1 aromatic carbocycles. The van der Waals surface area contributed by atoms with E-state index >= 15 is 0 Å². The molecule has 1 aliphatic heterocycles. The molecule has 4 nitrogen and oxygen atoms in total. The van der Waals surface area contributed by atoms with Crippen molar-refractivity contribution in [2.45, 2.75) is 22.8 Å². The van der Waals surface area contributed by atoms with Gasteiger partial charge in [-0.05, 0) is 17.7 Å². The summed E-state index contributed by atoms with van der Waals surface area (Å²) in [6, 6.07) is 4.48. The number of nitrogens with zero attached hydrogens (tertiary/aromatic N) is 3. The Morgan fingerprint density at radius 2 is 2.35 bits per heavy atom. The van der Waals surface area contributed by atoms with Crippen LogP contribution in [0.3, 0.4) is 0 Å². The maximum Gasteiger partial charge on any atom is 0.137 e. The van der Waals surface area contributed by atoms with E-state index in [-0.39, 0.29) is 11.1 Å². The second kappa shape index (κ2) is 4.12. The number of rotatable bonds is 2. The lowest BCUT2D eigenvalue weighted by molar-refractivity contribution is 0.168. The zero-order valence-electron chi connectivity index (χ0n) is 8.82. The van der Waals surface area contributed by atoms with Gasteiger partial charge in [-0.3, -0.25) is 4.68 Å². The van der Waals surface area contributed by atoms with Gasteiger partial charge in [-0.15, -0.1) is 11.8 Å². The van der Waals surface area contributed by atoms with Crippen LogP contribution in [0.4, 0.5) is 4.39 Å². The van der Waals surface area contributed by atoms with Gasteiger partial charge in [0.05, 0.1) is 17.9 Å². The number of hydrogen-bond donors (Lipinski definition) is 1. The van der Waals surface area contributed by atoms with Gasteiger partial charge in [0.15, 0.2) is 0 Å². The quantitative estimate of drug-likeness (QED) is 0.881. The van der Waals surface area contributed by atoms with Crippen LogP contribution in [0.5, 0.6) is 0 Å². The summed E-state index contributed by atoms with van der Waals surface area (Å²) in [6.07, 6.45) is 2.48. The summed E-state index contributed by atoms with van der Waals surface area (Å²) in [5.74, 6) is -0.273. The maximum absolute atomic E-state index is 13.1. The summed E-state index contributed by atoms with van der Waals surface area (Å²) < 4.78 is 14.7. The van der Waals surface area contributed by atoms with Crippen LogP contribution in [-0.2, 0) is 6.54 Å². The molecule has 2 heterocycles. The number of aliphatic hydroxyl groups excluding tert-OH is 1. The molecule has 0 saturated heterocycles. The van der Waals surface area contributed by atoms with Crippen molar-refractivity contribution < 1.29 is 9.50 Å². The summed E-state index contributed by atoms with van der Waals surface area (Å²) >= 11 is 1.48. The molecule has 0 saturated carbocycles. The van der Waals surface area contributed by atoms with Crippen molar-refractivity contribution in [3.05, 3.63) is 42.2 Å². The summed E-state index contributed by atoms with van der Waals surface area (Å²) in [4.78, 5) is 4.66. The zero-order chi connectivity index (χ0) is 11.8. The van der Waals surface area contributed by atoms with E-state index in [1.807, 2.05) is 0 Å². The van der Waals surface area contributed by atoms with Gasteiger partial charge < -0.3 is 5.11 Å². The average Bonchev–Trinajstić information content (AvgIpc) is 2.89. The molecule has 2 aromatic rings. The van der Waals surface area contributed by atoms with Crippen LogP contribution in [0.2, 0.25) is 0 Å². The van der Waals surface area contributed by atoms with Gasteiger partial charge in [0.25, 0.3) is 0 Å². The van der Waals surface area contributed by atoms with Gasteiger partial charge in [0, 0.05) is 4.90 Å². The molecule has 0 spiro atoms. The highest BCUT2D eigenvalue weighted by Crippen LogP contribution is 2.44. The van der Waals surface area contributed by atoms with E-state index in [1.54, 1.807) is 17.1 Å². The lowest BCUT2D eigenvalue weighted by Crippen LogP contribution is -2.17. The highest BCUT2D eigenvalue weighted by atomic mass is 32.2. The van der Waals surface area contributed by atoms with Crippen LogP contribution in [0, 0.1) is 5.82 Å². The molecule has 2 atom stereocenters. The molecule has 17 heavy (non-hydrogen) atoms. The summed E-state index contributed by atoms with van der Waals surface area (Å²) in [6.45, 7) is 0.558. The van der Waals surface area contributed by atoms with E-state index in [0.29, 0.717) is 6.54 Å². The van der Waals surface area contributed by atoms with E-state index in [4.69, 9.17) is 0 Å². The number of aliphatic hydroxyl groups is 1. The fourth-order valence-electron chi connectivity index (χ4n) is 1.93. The first-order valence-corrected chi connectivity index (χ1v) is 6.08. The van der Waals surface area contributed by atoms with E-state index in [1.165, 1.54) is 30.2 Å². The number of thioether (sulfide) groups is 1. The molecule has 1 N–H and O–H groups in total. The lowest BCUT2D eigenvalue weighted by atomic mass is 10.1. The lowest BCUT2D eigenvalue weighted by Gasteiger charge is -2.13. The summed E-state index contributed by atoms with van der Waals surface area (Å²) in [7, 11) is 0. The van der Waals surface area contributed by atoms with Crippen molar-refractivity contribution in [3.63, 3.8) is 0 Å². The van der Waals surface area contributed by atoms with Crippen LogP contribution >= 0.6 is 11.8 Å². The number of halogens is 1. The Balaban J connectivity index is 1.83. The molecule has 1 aliphatic rings. The number of hydrogen-bond acceptors (Lipinski definition) is 4. The third-order valence-electron chi connectivity index (χ3n) is 2.76. The van der Waals surface area contributed by atoms with Gasteiger partial charge >= 0.3 is 0 Å². The van der Waals surface area contributed by atoms with Gasteiger partial charge in [0.1, 0.15) is 18.5 Å². The third-order valence-corrected chi connectivity index (χ3v) is 4.08. The highest BCUT2D eigenvalue weighted by Gasteiger charge is 2.32. The Bertz CT molecular complexity index is 532. The molecule has 0 amide bonds. The minimum absolute atomic E-state index is 0.0477. The van der Waals surface area contributed by atoms with Gasteiger partial charge in [-0.25, -0.2) is 9.37 Å². The number of aromatic nitrogens is 3. The largest absolute Gasteiger partial charge is 0.387 e. The smallest absolute Gasteiger partial charge is 0.137 e. The topological polar surface area (TPSA) is 50.9 Å². The van der Waals surface area contributed by atoms with E-state index in [0.717, 1.165) is 10.5 Å². The van der Waals surface area contributed by atoms with Gasteiger partial charge in [0.2, 0.25) is 0 Å². The van der Waals surface area contributed by atoms with Crippen molar-refractivity contribution in [1.29, 1.82) is 0 Å². The standard InChI is InChI=1S/C11H10FN3OS/c12-7-1-2-8-9(3-7)17-10(11(8)16)4-15-6-13-5-14-15/h1-3,5-6,10-11,16H,4H2/t10-,11-/m0/s1. The van der Waals surface area contributed by atoms with Crippen LogP contribution in [0.25, 0.3) is 0 Å². The molecular weight excluding hydrogens is 241 g/mol. The molecule has 0 aliphatic carbocycles. The molecule has 88 valence electrons. The van der Waals surface area contributed by atoms with Crippen molar-refractivity contribution in [1.82, 2.24) is 14.8 Å². The Hall–Kier alpha value is -1.40. The molecule has 0 bridgehead atoms. The van der Waals surface area contributed by atoms with E-state index in [9.17, 15) is 9.50 Å². The number of fused-ring (bicyclic) bond motifs is 1. The Kier molecular flexibility index (Phi) is 2.60. The van der Waals surface area contributed by atoms with Gasteiger partial charge in [-0.2, -0.15) is 5.10 Å². The van der Waals surface area contributed by atoms with Crippen LogP contribution in [0.1, 0.15) is 11.7 Å². The van der Waals surface area contributed by atoms with Crippen molar-refractivity contribution >= 4 is 11.8 Å². The van der Waals surface area contributed by atoms with E-state index in [2.05, 4.69) is 10.1 Å². The summed E-state index contributed by atoms with van der Waals surface area (Å²) in [5, 5.41) is 14.1. The SMILES string of the molecule is O[C@H]1c2ccc(F)cc2S[C@H]1Cn1cncn1. The Labute approximate surface area is 101 Å². The molecule has 0 fully saturated rings. The minimum Gasteiger partial charge on any atom is -0.387 e. The Morgan fingerprint density at radius 3 is 3.12 bits per heavy atom. The van der Waals surface area contributed by atoms with Crippen molar-refractivity contribution in [2.24, 2.45) is 0 Å². The highest BCUT2D eigenvalue weighted by molar-refractivity contribution is 8.00. The first-order valence-electron chi connectivity index (χ1n) is 5.20. The predicted octanol–water partition coefficient (Wildman–Crippen LogP) is 1.63. The second-order valence-corrected chi connectivity index (χ2v) is 5.18. The normalized spacial score (nSPS) is 22.7. The molecule has 6 heteroatoms. The van der Waals surface area contributed by atoms with E-state index < -0.39 is 6.10 Å². The van der Waals surface area contributed by atoms with Crippen molar-refractivity contribution in [2.75, 3.05) is 0 Å². The van der Waals surface area contributed by atoms with Crippen LogP contribution < -0.4 is 0 Å². The minimum atomic E-state index is -0.584. The fraction of sp³-hybridized carbons (Fsp3) is 0.273.